The van der Waals surface area contributed by atoms with Gasteiger partial charge in [0.15, 0.2) is 0 Å². The topological polar surface area (TPSA) is 132 Å². The Morgan fingerprint density at radius 3 is 2.17 bits per heavy atom. The van der Waals surface area contributed by atoms with Crippen LogP contribution in [0, 0.1) is 10.4 Å². The standard InChI is InChI=1S/C3H8N2O7/c6-1-3(12-5(9)10)2-11-4(7)8/h3,6-7,9H,1-2H2/q-2/t3-/m0/s1. The highest BCUT2D eigenvalue weighted by molar-refractivity contribution is 4.50. The highest BCUT2D eigenvalue weighted by atomic mass is 17.1. The van der Waals surface area contributed by atoms with Gasteiger partial charge < -0.3 is 25.9 Å². The zero-order chi connectivity index (χ0) is 9.56. The minimum Gasteiger partial charge on any atom is -0.738 e. The molecule has 74 valence electrons. The van der Waals surface area contributed by atoms with E-state index in [2.05, 4.69) is 9.68 Å². The summed E-state index contributed by atoms with van der Waals surface area (Å²) in [6.45, 7) is -1.23. The molecule has 12 heavy (non-hydrogen) atoms. The first-order valence-corrected chi connectivity index (χ1v) is 2.79. The van der Waals surface area contributed by atoms with E-state index in [0.717, 1.165) is 0 Å². The quantitative estimate of drug-likeness (QED) is 0.425. The second-order valence-corrected chi connectivity index (χ2v) is 1.68. The van der Waals surface area contributed by atoms with Gasteiger partial charge in [-0.3, -0.25) is 9.68 Å². The zero-order valence-electron chi connectivity index (χ0n) is 5.86. The van der Waals surface area contributed by atoms with Crippen LogP contribution in [-0.4, -0.2) is 45.6 Å². The fourth-order valence-corrected chi connectivity index (χ4v) is 0.391. The van der Waals surface area contributed by atoms with Crippen molar-refractivity contribution in [2.75, 3.05) is 13.2 Å². The van der Waals surface area contributed by atoms with E-state index in [9.17, 15) is 10.4 Å². The fraction of sp³-hybridized carbons (Fsp3) is 1.00. The Hall–Kier alpha value is -0.360. The van der Waals surface area contributed by atoms with Crippen LogP contribution in [0.1, 0.15) is 0 Å². The second-order valence-electron chi connectivity index (χ2n) is 1.68. The van der Waals surface area contributed by atoms with E-state index in [4.69, 9.17) is 15.5 Å². The van der Waals surface area contributed by atoms with Gasteiger partial charge in [-0.05, 0) is 0 Å². The molecule has 3 N–H and O–H groups in total. The largest absolute Gasteiger partial charge is 0.738 e. The first-order chi connectivity index (χ1) is 5.56. The molecule has 0 aromatic carbocycles. The van der Waals surface area contributed by atoms with E-state index in [0.29, 0.717) is 0 Å². The lowest BCUT2D eigenvalue weighted by Crippen LogP contribution is -2.32. The molecule has 0 saturated carbocycles. The van der Waals surface area contributed by atoms with Gasteiger partial charge in [-0.1, -0.05) is 0 Å². The number of hydrogen-bond acceptors (Lipinski definition) is 9. The molecule has 9 nitrogen and oxygen atoms in total. The SMILES string of the molecule is [O-]N(O)OC[C@H](CO)ON([O-])O. The highest BCUT2D eigenvalue weighted by Crippen LogP contribution is 1.95. The maximum atomic E-state index is 9.79. The van der Waals surface area contributed by atoms with Crippen LogP contribution in [0.2, 0.25) is 0 Å². The van der Waals surface area contributed by atoms with Gasteiger partial charge in [0.05, 0.1) is 6.61 Å². The Bertz CT molecular complexity index is 109. The van der Waals surface area contributed by atoms with Crippen molar-refractivity contribution in [2.24, 2.45) is 0 Å². The lowest BCUT2D eigenvalue weighted by Gasteiger charge is -2.26. The Kier molecular flexibility index (Phi) is 6.00. The summed E-state index contributed by atoms with van der Waals surface area (Å²) < 4.78 is 0. The summed E-state index contributed by atoms with van der Waals surface area (Å²) in [7, 11) is 0. The van der Waals surface area contributed by atoms with E-state index >= 15 is 0 Å². The smallest absolute Gasteiger partial charge is 0.129 e. The van der Waals surface area contributed by atoms with Gasteiger partial charge in [-0.25, -0.2) is 0 Å². The predicted molar refractivity (Wildman–Crippen MR) is 31.9 cm³/mol. The van der Waals surface area contributed by atoms with Gasteiger partial charge in [0, 0.05) is 0 Å². The fourth-order valence-electron chi connectivity index (χ4n) is 0.391. The van der Waals surface area contributed by atoms with Crippen LogP contribution in [0.3, 0.4) is 0 Å². The third-order valence-corrected chi connectivity index (χ3v) is 0.814. The first kappa shape index (κ1) is 11.6. The Morgan fingerprint density at radius 2 is 1.83 bits per heavy atom. The molecule has 0 aromatic heterocycles. The summed E-state index contributed by atoms with van der Waals surface area (Å²) in [5.74, 6) is 0. The molecule has 1 atom stereocenters. The summed E-state index contributed by atoms with van der Waals surface area (Å²) in [6.07, 6.45) is -1.23. The minimum absolute atomic E-state index is 0.574. The van der Waals surface area contributed by atoms with E-state index in [1.54, 1.807) is 0 Å². The number of hydrogen-bond donors (Lipinski definition) is 3. The Morgan fingerprint density at radius 1 is 1.25 bits per heavy atom. The van der Waals surface area contributed by atoms with Gasteiger partial charge in [-0.2, -0.15) is 0 Å². The summed E-state index contributed by atoms with van der Waals surface area (Å²) in [5, 5.41) is 42.0. The van der Waals surface area contributed by atoms with Gasteiger partial charge in [0.1, 0.15) is 12.7 Å². The van der Waals surface area contributed by atoms with Gasteiger partial charge in [0.25, 0.3) is 0 Å². The van der Waals surface area contributed by atoms with E-state index in [1.165, 1.54) is 0 Å². The molecule has 0 aliphatic rings. The molecule has 0 saturated heterocycles. The molecular formula is C3H8N2O7-2. The minimum atomic E-state index is -1.23. The third kappa shape index (κ3) is 6.36. The third-order valence-electron chi connectivity index (χ3n) is 0.814. The Labute approximate surface area is 66.9 Å². The van der Waals surface area contributed by atoms with Crippen molar-refractivity contribution in [3.63, 3.8) is 0 Å². The molecule has 0 fully saturated rings. The number of aliphatic hydroxyl groups is 1. The maximum absolute atomic E-state index is 9.79. The number of nitrogens with zero attached hydrogens (tertiary/aromatic N) is 2. The predicted octanol–water partition coefficient (Wildman–Crippen LogP) is -1.41. The van der Waals surface area contributed by atoms with Crippen LogP contribution < -0.4 is 0 Å². The van der Waals surface area contributed by atoms with Gasteiger partial charge >= 0.3 is 0 Å². The van der Waals surface area contributed by atoms with E-state index < -0.39 is 30.1 Å². The molecule has 0 aromatic rings. The summed E-state index contributed by atoms with van der Waals surface area (Å²) in [4.78, 5) is 7.80. The monoisotopic (exact) mass is 184 g/mol. The lowest BCUT2D eigenvalue weighted by atomic mass is 10.4. The molecule has 0 heterocycles. The molecule has 0 spiro atoms. The average Bonchev–Trinajstić information content (AvgIpc) is 1.97. The summed E-state index contributed by atoms with van der Waals surface area (Å²) >= 11 is 0. The van der Waals surface area contributed by atoms with Crippen LogP contribution in [-0.2, 0) is 9.68 Å². The van der Waals surface area contributed by atoms with Crippen molar-refractivity contribution in [1.29, 1.82) is 0 Å². The summed E-state index contributed by atoms with van der Waals surface area (Å²) in [6, 6.07) is 0. The van der Waals surface area contributed by atoms with Gasteiger partial charge in [-0.15, -0.1) is 10.8 Å². The number of aliphatic hydroxyl groups excluding tert-OH is 1. The maximum Gasteiger partial charge on any atom is 0.129 e. The van der Waals surface area contributed by atoms with Crippen molar-refractivity contribution in [2.45, 2.75) is 6.10 Å². The highest BCUT2D eigenvalue weighted by Gasteiger charge is 2.08. The Balaban J connectivity index is 3.53. The molecule has 0 rings (SSSR count). The van der Waals surface area contributed by atoms with Crippen LogP contribution in [0.5, 0.6) is 0 Å². The van der Waals surface area contributed by atoms with Crippen molar-refractivity contribution in [3.05, 3.63) is 10.4 Å². The molecule has 0 aliphatic carbocycles. The molecule has 0 bridgehead atoms. The van der Waals surface area contributed by atoms with Crippen molar-refractivity contribution < 1.29 is 25.2 Å². The van der Waals surface area contributed by atoms with Crippen LogP contribution in [0.15, 0.2) is 0 Å². The molecule has 0 unspecified atom stereocenters. The normalized spacial score (nSPS) is 14.2. The van der Waals surface area contributed by atoms with Crippen LogP contribution in [0.25, 0.3) is 0 Å². The zero-order valence-corrected chi connectivity index (χ0v) is 5.86. The average molecular weight is 184 g/mol. The number of rotatable bonds is 6. The van der Waals surface area contributed by atoms with E-state index in [-0.39, 0.29) is 0 Å². The molecule has 0 amide bonds. The second kappa shape index (κ2) is 6.19. The lowest BCUT2D eigenvalue weighted by molar-refractivity contribution is -0.364. The molecule has 0 aliphatic heterocycles. The molecular weight excluding hydrogens is 176 g/mol. The van der Waals surface area contributed by atoms with Crippen molar-refractivity contribution in [1.82, 2.24) is 10.8 Å². The van der Waals surface area contributed by atoms with E-state index in [1.807, 2.05) is 0 Å². The summed E-state index contributed by atoms with van der Waals surface area (Å²) in [5.41, 5.74) is 0. The van der Waals surface area contributed by atoms with Crippen molar-refractivity contribution in [3.8, 4) is 0 Å². The van der Waals surface area contributed by atoms with Crippen LogP contribution in [0.4, 0.5) is 0 Å². The van der Waals surface area contributed by atoms with Crippen LogP contribution >= 0.6 is 0 Å². The molecule has 9 heteroatoms. The van der Waals surface area contributed by atoms with Gasteiger partial charge in [0.2, 0.25) is 0 Å². The van der Waals surface area contributed by atoms with Crippen molar-refractivity contribution >= 4 is 0 Å². The molecule has 0 radical (unpaired) electrons. The first-order valence-electron chi connectivity index (χ1n) is 2.79.